The molecule has 0 spiro atoms. The van der Waals surface area contributed by atoms with Gasteiger partial charge in [-0.15, -0.1) is 11.3 Å². The summed E-state index contributed by atoms with van der Waals surface area (Å²) in [5.74, 6) is -0.159. The topological polar surface area (TPSA) is 29.1 Å². The molecule has 1 amide bonds. The number of hydrogen-bond donors (Lipinski definition) is 1. The van der Waals surface area contributed by atoms with E-state index in [0.717, 1.165) is 10.0 Å². The van der Waals surface area contributed by atoms with Crippen LogP contribution in [0.5, 0.6) is 0 Å². The van der Waals surface area contributed by atoms with Gasteiger partial charge in [-0.3, -0.25) is 4.79 Å². The van der Waals surface area contributed by atoms with Crippen molar-refractivity contribution in [3.05, 3.63) is 31.9 Å². The van der Waals surface area contributed by atoms with Crippen LogP contribution in [0.3, 0.4) is 0 Å². The Morgan fingerprint density at radius 3 is 2.86 bits per heavy atom. The second-order valence-corrected chi connectivity index (χ2v) is 5.14. The predicted molar refractivity (Wildman–Crippen MR) is 64.5 cm³/mol. The standard InChI is InChI=1S/C9H9BrClNOS/c1-5-4-14-8(7(5)11)9(13)12-3-6(2)10/h4H,2-3H2,1H3,(H,12,13). The van der Waals surface area contributed by atoms with Gasteiger partial charge in [0, 0.05) is 11.0 Å². The minimum absolute atomic E-state index is 0.159. The van der Waals surface area contributed by atoms with E-state index in [9.17, 15) is 4.79 Å². The van der Waals surface area contributed by atoms with Crippen LogP contribution in [0.25, 0.3) is 0 Å². The molecule has 0 atom stereocenters. The monoisotopic (exact) mass is 293 g/mol. The molecule has 0 bridgehead atoms. The average Bonchev–Trinajstić information content (AvgIpc) is 2.44. The van der Waals surface area contributed by atoms with Crippen LogP contribution >= 0.6 is 38.9 Å². The van der Waals surface area contributed by atoms with E-state index in [1.165, 1.54) is 11.3 Å². The minimum atomic E-state index is -0.159. The van der Waals surface area contributed by atoms with Gasteiger partial charge in [0.25, 0.3) is 5.91 Å². The first-order valence-corrected chi connectivity index (χ1v) is 5.92. The highest BCUT2D eigenvalue weighted by molar-refractivity contribution is 9.11. The lowest BCUT2D eigenvalue weighted by atomic mass is 10.3. The minimum Gasteiger partial charge on any atom is -0.347 e. The van der Waals surface area contributed by atoms with Crippen LogP contribution in [0.15, 0.2) is 16.4 Å². The Bertz CT molecular complexity index is 375. The van der Waals surface area contributed by atoms with Gasteiger partial charge in [0.15, 0.2) is 0 Å². The van der Waals surface area contributed by atoms with Crippen molar-refractivity contribution < 1.29 is 4.79 Å². The average molecular weight is 295 g/mol. The van der Waals surface area contributed by atoms with Gasteiger partial charge in [0.1, 0.15) is 4.88 Å². The normalized spacial score (nSPS) is 9.93. The Kier molecular flexibility index (Phi) is 4.16. The van der Waals surface area contributed by atoms with Crippen LogP contribution in [0.1, 0.15) is 15.2 Å². The number of rotatable bonds is 3. The molecule has 76 valence electrons. The number of carbonyl (C=O) groups excluding carboxylic acids is 1. The first kappa shape index (κ1) is 11.8. The van der Waals surface area contributed by atoms with Crippen molar-refractivity contribution in [3.63, 3.8) is 0 Å². The number of thiophene rings is 1. The zero-order valence-corrected chi connectivity index (χ0v) is 10.7. The number of aryl methyl sites for hydroxylation is 1. The molecule has 2 nitrogen and oxygen atoms in total. The van der Waals surface area contributed by atoms with Crippen LogP contribution < -0.4 is 5.32 Å². The zero-order valence-electron chi connectivity index (χ0n) is 7.56. The molecule has 0 saturated carbocycles. The van der Waals surface area contributed by atoms with E-state index >= 15 is 0 Å². The fourth-order valence-electron chi connectivity index (χ4n) is 0.840. The van der Waals surface area contributed by atoms with Gasteiger partial charge < -0.3 is 5.32 Å². The quantitative estimate of drug-likeness (QED) is 0.910. The van der Waals surface area contributed by atoms with Crippen LogP contribution in [0, 0.1) is 6.92 Å². The number of hydrogen-bond acceptors (Lipinski definition) is 2. The summed E-state index contributed by atoms with van der Waals surface area (Å²) >= 11 is 10.4. The van der Waals surface area contributed by atoms with Crippen molar-refractivity contribution in [1.82, 2.24) is 5.32 Å². The fourth-order valence-corrected chi connectivity index (χ4v) is 2.17. The zero-order chi connectivity index (χ0) is 10.7. The molecule has 1 N–H and O–H groups in total. The van der Waals surface area contributed by atoms with Crippen LogP contribution in [0.4, 0.5) is 0 Å². The van der Waals surface area contributed by atoms with Gasteiger partial charge in [-0.2, -0.15) is 0 Å². The Morgan fingerprint density at radius 1 is 1.79 bits per heavy atom. The summed E-state index contributed by atoms with van der Waals surface area (Å²) in [7, 11) is 0. The molecule has 0 saturated heterocycles. The maximum absolute atomic E-state index is 11.5. The molecule has 0 fully saturated rings. The molecule has 5 heteroatoms. The lowest BCUT2D eigenvalue weighted by Gasteiger charge is -2.01. The third kappa shape index (κ3) is 2.83. The van der Waals surface area contributed by atoms with Crippen LogP contribution in [0.2, 0.25) is 5.02 Å². The van der Waals surface area contributed by atoms with Crippen LogP contribution in [-0.4, -0.2) is 12.5 Å². The van der Waals surface area contributed by atoms with E-state index in [4.69, 9.17) is 11.6 Å². The summed E-state index contributed by atoms with van der Waals surface area (Å²) < 4.78 is 0.732. The molecule has 14 heavy (non-hydrogen) atoms. The van der Waals surface area contributed by atoms with E-state index in [0.29, 0.717) is 16.4 Å². The number of amides is 1. The van der Waals surface area contributed by atoms with Gasteiger partial charge in [0.2, 0.25) is 0 Å². The van der Waals surface area contributed by atoms with E-state index in [2.05, 4.69) is 27.8 Å². The van der Waals surface area contributed by atoms with Crippen LogP contribution in [-0.2, 0) is 0 Å². The predicted octanol–water partition coefficient (Wildman–Crippen LogP) is 3.35. The van der Waals surface area contributed by atoms with Gasteiger partial charge >= 0.3 is 0 Å². The molecule has 1 aromatic rings. The van der Waals surface area contributed by atoms with Crippen molar-refractivity contribution in [3.8, 4) is 0 Å². The third-order valence-corrected chi connectivity index (χ3v) is 3.52. The fraction of sp³-hybridized carbons (Fsp3) is 0.222. The third-order valence-electron chi connectivity index (χ3n) is 1.55. The van der Waals surface area contributed by atoms with Gasteiger partial charge in [0.05, 0.1) is 5.02 Å². The summed E-state index contributed by atoms with van der Waals surface area (Å²) in [6.45, 7) is 5.90. The molecule has 0 aromatic carbocycles. The van der Waals surface area contributed by atoms with Gasteiger partial charge in [-0.25, -0.2) is 0 Å². The molecule has 0 aliphatic rings. The molecule has 1 aromatic heterocycles. The molecule has 0 aliphatic heterocycles. The lowest BCUT2D eigenvalue weighted by molar-refractivity contribution is 0.0962. The first-order valence-electron chi connectivity index (χ1n) is 3.87. The Morgan fingerprint density at radius 2 is 2.43 bits per heavy atom. The highest BCUT2D eigenvalue weighted by Crippen LogP contribution is 2.26. The Labute approximate surface area is 100 Å². The first-order chi connectivity index (χ1) is 6.52. The maximum atomic E-state index is 11.5. The van der Waals surface area contributed by atoms with Crippen molar-refractivity contribution in [2.75, 3.05) is 6.54 Å². The molecule has 1 rings (SSSR count). The SMILES string of the molecule is C=C(Br)CNC(=O)c1scc(C)c1Cl. The van der Waals surface area contributed by atoms with Gasteiger partial charge in [-0.1, -0.05) is 34.1 Å². The van der Waals surface area contributed by atoms with Crippen molar-refractivity contribution >= 4 is 44.8 Å². The number of nitrogens with one attached hydrogen (secondary N) is 1. The highest BCUT2D eigenvalue weighted by atomic mass is 79.9. The molecular weight excluding hydrogens is 286 g/mol. The molecular formula is C9H9BrClNOS. The summed E-state index contributed by atoms with van der Waals surface area (Å²) in [6.07, 6.45) is 0. The van der Waals surface area contributed by atoms with E-state index in [1.807, 2.05) is 12.3 Å². The largest absolute Gasteiger partial charge is 0.347 e. The van der Waals surface area contributed by atoms with E-state index in [-0.39, 0.29) is 5.91 Å². The molecule has 0 radical (unpaired) electrons. The summed E-state index contributed by atoms with van der Waals surface area (Å²) in [4.78, 5) is 12.1. The maximum Gasteiger partial charge on any atom is 0.263 e. The van der Waals surface area contributed by atoms with E-state index < -0.39 is 0 Å². The second-order valence-electron chi connectivity index (χ2n) is 2.76. The molecule has 0 aliphatic carbocycles. The summed E-state index contributed by atoms with van der Waals surface area (Å²) in [5.41, 5.74) is 0.930. The molecule has 0 unspecified atom stereocenters. The smallest absolute Gasteiger partial charge is 0.263 e. The summed E-state index contributed by atoms with van der Waals surface area (Å²) in [6, 6.07) is 0. The number of carbonyl (C=O) groups is 1. The lowest BCUT2D eigenvalue weighted by Crippen LogP contribution is -2.23. The summed E-state index contributed by atoms with van der Waals surface area (Å²) in [5, 5.41) is 5.09. The van der Waals surface area contributed by atoms with Gasteiger partial charge in [-0.05, 0) is 17.9 Å². The van der Waals surface area contributed by atoms with E-state index in [1.54, 1.807) is 0 Å². The Balaban J connectivity index is 2.70. The van der Waals surface area contributed by atoms with Crippen molar-refractivity contribution in [2.24, 2.45) is 0 Å². The van der Waals surface area contributed by atoms with Crippen molar-refractivity contribution in [1.29, 1.82) is 0 Å². The Hall–Kier alpha value is -0.320. The number of halogens is 2. The highest BCUT2D eigenvalue weighted by Gasteiger charge is 2.13. The van der Waals surface area contributed by atoms with Crippen molar-refractivity contribution in [2.45, 2.75) is 6.92 Å². The molecule has 1 heterocycles. The second kappa shape index (κ2) is 4.96.